The Labute approximate surface area is 181 Å². The number of amides is 1. The zero-order valence-electron chi connectivity index (χ0n) is 18.0. The third kappa shape index (κ3) is 3.91. The zero-order chi connectivity index (χ0) is 22.1. The molecule has 5 nitrogen and oxygen atoms in total. The fraction of sp³-hybridized carbons (Fsp3) is 0.231. The van der Waals surface area contributed by atoms with Crippen LogP contribution in [0.2, 0.25) is 0 Å². The van der Waals surface area contributed by atoms with Crippen molar-refractivity contribution in [3.63, 3.8) is 0 Å². The van der Waals surface area contributed by atoms with E-state index in [9.17, 15) is 14.7 Å². The number of carboxylic acids is 1. The Balaban J connectivity index is 1.66. The number of nitrogens with one attached hydrogen (secondary N) is 2. The molecule has 1 aliphatic heterocycles. The molecule has 0 unspecified atom stereocenters. The number of anilines is 1. The van der Waals surface area contributed by atoms with Crippen LogP contribution in [0, 0.1) is 13.8 Å². The lowest BCUT2D eigenvalue weighted by Gasteiger charge is -2.07. The summed E-state index contributed by atoms with van der Waals surface area (Å²) in [5.41, 5.74) is 7.69. The highest BCUT2D eigenvalue weighted by molar-refractivity contribution is 6.35. The second-order valence-electron chi connectivity index (χ2n) is 8.04. The Hall–Kier alpha value is -3.60. The van der Waals surface area contributed by atoms with E-state index < -0.39 is 5.97 Å². The monoisotopic (exact) mass is 414 g/mol. The lowest BCUT2D eigenvalue weighted by Crippen LogP contribution is -2.03. The Morgan fingerprint density at radius 2 is 1.77 bits per heavy atom. The van der Waals surface area contributed by atoms with Gasteiger partial charge in [-0.3, -0.25) is 4.79 Å². The molecule has 5 heteroatoms. The van der Waals surface area contributed by atoms with E-state index in [1.165, 1.54) is 18.4 Å². The lowest BCUT2D eigenvalue weighted by molar-refractivity contribution is -0.110. The molecule has 0 saturated carbocycles. The van der Waals surface area contributed by atoms with Gasteiger partial charge in [-0.15, -0.1) is 0 Å². The fourth-order valence-electron chi connectivity index (χ4n) is 4.15. The summed E-state index contributed by atoms with van der Waals surface area (Å²) in [5, 5.41) is 12.4. The molecule has 158 valence electrons. The smallest absolute Gasteiger partial charge is 0.337 e. The number of hydrogen-bond donors (Lipinski definition) is 3. The van der Waals surface area contributed by atoms with Crippen LogP contribution >= 0.6 is 0 Å². The number of carbonyl (C=O) groups excluding carboxylic acids is 1. The van der Waals surface area contributed by atoms with Gasteiger partial charge in [-0.05, 0) is 61.1 Å². The van der Waals surface area contributed by atoms with Gasteiger partial charge >= 0.3 is 5.97 Å². The van der Waals surface area contributed by atoms with Crippen molar-refractivity contribution >= 4 is 29.2 Å². The van der Waals surface area contributed by atoms with E-state index in [2.05, 4.69) is 41.5 Å². The molecular formula is C26H26N2O3. The average Bonchev–Trinajstić information content (AvgIpc) is 3.21. The third-order valence-electron chi connectivity index (χ3n) is 5.89. The molecule has 2 heterocycles. The second kappa shape index (κ2) is 8.26. The number of rotatable bonds is 6. The number of aromatic nitrogens is 1. The largest absolute Gasteiger partial charge is 0.478 e. The standard InChI is InChI=1S/C26H26N2O3/c1-4-5-6-17-7-9-18(10-8-17)19-11-12-20-21(25(29)28-23(20)13-19)14-22-15(2)24(26(30)31)16(3)27-22/h7-14,27H,4-6H2,1-3H3,(H,28,29)(H,30,31). The maximum Gasteiger partial charge on any atom is 0.337 e. The molecule has 1 amide bonds. The number of carboxylic acid groups (broad SMARTS) is 1. The molecule has 0 fully saturated rings. The summed E-state index contributed by atoms with van der Waals surface area (Å²) in [7, 11) is 0. The number of benzene rings is 2. The summed E-state index contributed by atoms with van der Waals surface area (Å²) in [6, 6.07) is 14.5. The molecule has 31 heavy (non-hydrogen) atoms. The molecule has 0 atom stereocenters. The van der Waals surface area contributed by atoms with Crippen molar-refractivity contribution in [1.29, 1.82) is 0 Å². The molecule has 0 aliphatic carbocycles. The van der Waals surface area contributed by atoms with Crippen molar-refractivity contribution < 1.29 is 14.7 Å². The van der Waals surface area contributed by atoms with Gasteiger partial charge in [0, 0.05) is 22.6 Å². The van der Waals surface area contributed by atoms with Crippen LogP contribution in [0.1, 0.15) is 58.2 Å². The van der Waals surface area contributed by atoms with E-state index in [0.29, 0.717) is 22.5 Å². The quantitative estimate of drug-likeness (QED) is 0.444. The Morgan fingerprint density at radius 1 is 1.06 bits per heavy atom. The molecular weight excluding hydrogens is 388 g/mol. The van der Waals surface area contributed by atoms with Crippen molar-refractivity contribution in [2.45, 2.75) is 40.0 Å². The molecule has 3 N–H and O–H groups in total. The van der Waals surface area contributed by atoms with Gasteiger partial charge in [0.05, 0.1) is 11.1 Å². The van der Waals surface area contributed by atoms with Gasteiger partial charge in [0.15, 0.2) is 0 Å². The molecule has 0 bridgehead atoms. The van der Waals surface area contributed by atoms with E-state index in [0.717, 1.165) is 28.8 Å². The third-order valence-corrected chi connectivity index (χ3v) is 5.89. The maximum absolute atomic E-state index is 12.7. The number of aryl methyl sites for hydroxylation is 2. The van der Waals surface area contributed by atoms with Gasteiger partial charge in [-0.1, -0.05) is 49.7 Å². The van der Waals surface area contributed by atoms with Gasteiger partial charge < -0.3 is 15.4 Å². The summed E-state index contributed by atoms with van der Waals surface area (Å²) in [4.78, 5) is 27.2. The summed E-state index contributed by atoms with van der Waals surface area (Å²) >= 11 is 0. The van der Waals surface area contributed by atoms with Gasteiger partial charge in [-0.25, -0.2) is 4.79 Å². The average molecular weight is 415 g/mol. The second-order valence-corrected chi connectivity index (χ2v) is 8.04. The van der Waals surface area contributed by atoms with E-state index >= 15 is 0 Å². The molecule has 2 aromatic carbocycles. The molecule has 1 aliphatic rings. The van der Waals surface area contributed by atoms with Gasteiger partial charge in [0.2, 0.25) is 0 Å². The lowest BCUT2D eigenvalue weighted by atomic mass is 9.98. The number of aromatic amines is 1. The van der Waals surface area contributed by atoms with Crippen molar-refractivity contribution in [3.05, 3.63) is 76.1 Å². The first-order valence-corrected chi connectivity index (χ1v) is 10.6. The topological polar surface area (TPSA) is 82.2 Å². The number of carbonyl (C=O) groups is 2. The minimum Gasteiger partial charge on any atom is -0.478 e. The first-order chi connectivity index (χ1) is 14.9. The number of fused-ring (bicyclic) bond motifs is 1. The fourth-order valence-corrected chi connectivity index (χ4v) is 4.15. The van der Waals surface area contributed by atoms with Crippen LogP contribution in [0.4, 0.5) is 5.69 Å². The number of unbranched alkanes of at least 4 members (excludes halogenated alkanes) is 1. The number of H-pyrrole nitrogens is 1. The van der Waals surface area contributed by atoms with Crippen molar-refractivity contribution in [1.82, 2.24) is 4.98 Å². The first-order valence-electron chi connectivity index (χ1n) is 10.6. The highest BCUT2D eigenvalue weighted by atomic mass is 16.4. The highest BCUT2D eigenvalue weighted by Gasteiger charge is 2.26. The first kappa shape index (κ1) is 20.7. The van der Waals surface area contributed by atoms with Crippen LogP contribution in [0.3, 0.4) is 0 Å². The van der Waals surface area contributed by atoms with Gasteiger partial charge in [-0.2, -0.15) is 0 Å². The summed E-state index contributed by atoms with van der Waals surface area (Å²) in [5.74, 6) is -1.16. The normalized spacial score (nSPS) is 14.0. The molecule has 3 aromatic rings. The van der Waals surface area contributed by atoms with Crippen molar-refractivity contribution in [3.8, 4) is 11.1 Å². The van der Waals surface area contributed by atoms with Gasteiger partial charge in [0.1, 0.15) is 0 Å². The summed E-state index contributed by atoms with van der Waals surface area (Å²) in [6.45, 7) is 5.67. The van der Waals surface area contributed by atoms with E-state index in [1.54, 1.807) is 19.9 Å². The van der Waals surface area contributed by atoms with Crippen LogP contribution < -0.4 is 5.32 Å². The van der Waals surface area contributed by atoms with E-state index in [-0.39, 0.29) is 11.5 Å². The maximum atomic E-state index is 12.7. The predicted molar refractivity (Wildman–Crippen MR) is 124 cm³/mol. The molecule has 0 spiro atoms. The Bertz CT molecular complexity index is 1200. The minimum atomic E-state index is -0.975. The Kier molecular flexibility index (Phi) is 5.51. The minimum absolute atomic E-state index is 0.189. The van der Waals surface area contributed by atoms with E-state index in [4.69, 9.17) is 0 Å². The SMILES string of the molecule is CCCCc1ccc(-c2ccc3c(c2)NC(=O)C3=Cc2[nH]c(C)c(C(=O)O)c2C)cc1. The highest BCUT2D eigenvalue weighted by Crippen LogP contribution is 2.37. The van der Waals surface area contributed by atoms with Gasteiger partial charge in [0.25, 0.3) is 5.91 Å². The van der Waals surface area contributed by atoms with Crippen LogP contribution in [0.25, 0.3) is 22.8 Å². The number of aromatic carboxylic acids is 1. The molecule has 4 rings (SSSR count). The van der Waals surface area contributed by atoms with Crippen LogP contribution in [-0.4, -0.2) is 22.0 Å². The number of hydrogen-bond acceptors (Lipinski definition) is 2. The predicted octanol–water partition coefficient (Wildman–Crippen LogP) is 5.83. The molecule has 0 radical (unpaired) electrons. The molecule has 0 saturated heterocycles. The van der Waals surface area contributed by atoms with E-state index in [1.807, 2.05) is 18.2 Å². The zero-order valence-corrected chi connectivity index (χ0v) is 18.0. The van der Waals surface area contributed by atoms with Crippen molar-refractivity contribution in [2.75, 3.05) is 5.32 Å². The van der Waals surface area contributed by atoms with Crippen molar-refractivity contribution in [2.24, 2.45) is 0 Å². The molecule has 1 aromatic heterocycles. The Morgan fingerprint density at radius 3 is 2.42 bits per heavy atom. The van der Waals surface area contributed by atoms with Crippen LogP contribution in [0.15, 0.2) is 42.5 Å². The summed E-state index contributed by atoms with van der Waals surface area (Å²) < 4.78 is 0. The van der Waals surface area contributed by atoms with Crippen LogP contribution in [-0.2, 0) is 11.2 Å². The van der Waals surface area contributed by atoms with Crippen LogP contribution in [0.5, 0.6) is 0 Å². The summed E-state index contributed by atoms with van der Waals surface area (Å²) in [6.07, 6.45) is 5.19.